The van der Waals surface area contributed by atoms with E-state index in [1.165, 1.54) is 57.7 Å². The summed E-state index contributed by atoms with van der Waals surface area (Å²) in [6.07, 6.45) is 14.8. The molecule has 0 aromatic carbocycles. The molecule has 0 fully saturated rings. The molecule has 1 N–H and O–H groups in total. The van der Waals surface area contributed by atoms with Gasteiger partial charge in [-0.3, -0.25) is 9.89 Å². The zero-order valence-corrected chi connectivity index (χ0v) is 12.2. The molecule has 0 unspecified atom stereocenters. The van der Waals surface area contributed by atoms with E-state index in [1.54, 1.807) is 0 Å². The zero-order valence-electron chi connectivity index (χ0n) is 12.2. The van der Waals surface area contributed by atoms with E-state index in [-0.39, 0.29) is 5.78 Å². The summed E-state index contributed by atoms with van der Waals surface area (Å²) in [5.74, 6) is 0.480. The highest BCUT2D eigenvalue weighted by molar-refractivity contribution is 5.92. The van der Waals surface area contributed by atoms with E-state index in [0.29, 0.717) is 12.2 Å². The van der Waals surface area contributed by atoms with Crippen LogP contribution in [0.1, 0.15) is 88.2 Å². The van der Waals surface area contributed by atoms with Gasteiger partial charge in [-0.2, -0.15) is 5.10 Å². The van der Waals surface area contributed by atoms with Crippen LogP contribution >= 0.6 is 0 Å². The van der Waals surface area contributed by atoms with Crippen LogP contribution in [0.15, 0.2) is 6.33 Å². The summed E-state index contributed by atoms with van der Waals surface area (Å²) in [6, 6.07) is 0. The molecule has 4 nitrogen and oxygen atoms in total. The second-order valence-corrected chi connectivity index (χ2v) is 5.19. The van der Waals surface area contributed by atoms with Gasteiger partial charge in [-0.15, -0.1) is 0 Å². The van der Waals surface area contributed by atoms with Crippen LogP contribution in [0.3, 0.4) is 0 Å². The molecule has 0 aliphatic carbocycles. The van der Waals surface area contributed by atoms with Crippen LogP contribution in [0.5, 0.6) is 0 Å². The van der Waals surface area contributed by atoms with Gasteiger partial charge in [-0.05, 0) is 6.42 Å². The van der Waals surface area contributed by atoms with E-state index in [4.69, 9.17) is 0 Å². The van der Waals surface area contributed by atoms with Crippen LogP contribution in [-0.4, -0.2) is 21.0 Å². The molecule has 0 saturated carbocycles. The molecule has 1 heterocycles. The second-order valence-electron chi connectivity index (χ2n) is 5.19. The maximum absolute atomic E-state index is 11.6. The van der Waals surface area contributed by atoms with Crippen molar-refractivity contribution in [3.8, 4) is 0 Å². The molecule has 0 aliphatic heterocycles. The first-order valence-corrected chi connectivity index (χ1v) is 7.73. The molecule has 0 spiro atoms. The second kappa shape index (κ2) is 10.7. The Kier molecular flexibility index (Phi) is 8.94. The Bertz CT molecular complexity index is 322. The monoisotopic (exact) mass is 265 g/mol. The van der Waals surface area contributed by atoms with Crippen LogP contribution in [0.4, 0.5) is 0 Å². The van der Waals surface area contributed by atoms with Crippen molar-refractivity contribution >= 4 is 5.78 Å². The predicted molar refractivity (Wildman–Crippen MR) is 77.2 cm³/mol. The molecule has 19 heavy (non-hydrogen) atoms. The van der Waals surface area contributed by atoms with E-state index in [1.807, 2.05) is 0 Å². The van der Waals surface area contributed by atoms with Gasteiger partial charge in [0.1, 0.15) is 6.33 Å². The van der Waals surface area contributed by atoms with Crippen LogP contribution in [-0.2, 0) is 0 Å². The molecule has 0 atom stereocenters. The summed E-state index contributed by atoms with van der Waals surface area (Å²) in [6.45, 7) is 2.25. The number of carbonyl (C=O) groups excluding carboxylic acids is 1. The molecule has 0 radical (unpaired) electrons. The first-order valence-electron chi connectivity index (χ1n) is 7.73. The van der Waals surface area contributed by atoms with Crippen molar-refractivity contribution in [1.82, 2.24) is 15.2 Å². The van der Waals surface area contributed by atoms with Gasteiger partial charge >= 0.3 is 0 Å². The third kappa shape index (κ3) is 7.75. The van der Waals surface area contributed by atoms with Gasteiger partial charge in [0.2, 0.25) is 0 Å². The van der Waals surface area contributed by atoms with Crippen LogP contribution in [0.25, 0.3) is 0 Å². The topological polar surface area (TPSA) is 58.6 Å². The predicted octanol–water partition coefficient (Wildman–Crippen LogP) is 4.30. The minimum Gasteiger partial charge on any atom is -0.291 e. The summed E-state index contributed by atoms with van der Waals surface area (Å²) in [4.78, 5) is 15.5. The summed E-state index contributed by atoms with van der Waals surface area (Å²) < 4.78 is 0. The minimum atomic E-state index is 0.0806. The minimum absolute atomic E-state index is 0.0806. The molecule has 0 saturated heterocycles. The number of aromatic amines is 1. The van der Waals surface area contributed by atoms with Crippen molar-refractivity contribution in [3.05, 3.63) is 12.2 Å². The number of hydrogen-bond acceptors (Lipinski definition) is 3. The molecule has 4 heteroatoms. The first-order chi connectivity index (χ1) is 9.34. The lowest BCUT2D eigenvalue weighted by Gasteiger charge is -2.01. The lowest BCUT2D eigenvalue weighted by atomic mass is 10.0. The van der Waals surface area contributed by atoms with Crippen molar-refractivity contribution in [2.24, 2.45) is 0 Å². The smallest absolute Gasteiger partial charge is 0.199 e. The number of nitrogens with zero attached hydrogens (tertiary/aromatic N) is 2. The molecule has 0 amide bonds. The largest absolute Gasteiger partial charge is 0.291 e. The van der Waals surface area contributed by atoms with E-state index >= 15 is 0 Å². The fraction of sp³-hybridized carbons (Fsp3) is 0.800. The average molecular weight is 265 g/mol. The first kappa shape index (κ1) is 15.9. The molecule has 0 bridgehead atoms. The summed E-state index contributed by atoms with van der Waals surface area (Å²) in [5.41, 5.74) is 0. The van der Waals surface area contributed by atoms with Crippen molar-refractivity contribution in [2.75, 3.05) is 0 Å². The Morgan fingerprint density at radius 1 is 1.00 bits per heavy atom. The quantitative estimate of drug-likeness (QED) is 0.453. The van der Waals surface area contributed by atoms with E-state index in [9.17, 15) is 4.79 Å². The number of ketones is 1. The van der Waals surface area contributed by atoms with Crippen molar-refractivity contribution in [2.45, 2.75) is 77.6 Å². The van der Waals surface area contributed by atoms with E-state index in [2.05, 4.69) is 22.1 Å². The molecule has 0 aliphatic rings. The summed E-state index contributed by atoms with van der Waals surface area (Å²) in [5, 5.41) is 6.30. The van der Waals surface area contributed by atoms with E-state index in [0.717, 1.165) is 12.8 Å². The molecule has 1 aromatic heterocycles. The van der Waals surface area contributed by atoms with Crippen molar-refractivity contribution in [1.29, 1.82) is 0 Å². The Morgan fingerprint density at radius 2 is 1.58 bits per heavy atom. The summed E-state index contributed by atoms with van der Waals surface area (Å²) >= 11 is 0. The number of nitrogens with one attached hydrogen (secondary N) is 1. The van der Waals surface area contributed by atoms with Gasteiger partial charge in [0.25, 0.3) is 0 Å². The van der Waals surface area contributed by atoms with Gasteiger partial charge in [0, 0.05) is 6.42 Å². The van der Waals surface area contributed by atoms with E-state index < -0.39 is 0 Å². The van der Waals surface area contributed by atoms with Crippen LogP contribution in [0.2, 0.25) is 0 Å². The van der Waals surface area contributed by atoms with Crippen molar-refractivity contribution < 1.29 is 4.79 Å². The number of carbonyl (C=O) groups is 1. The molecule has 1 rings (SSSR count). The Morgan fingerprint density at radius 3 is 2.11 bits per heavy atom. The SMILES string of the molecule is CCCCCCCCCCCCC(=O)c1ncn[nH]1. The highest BCUT2D eigenvalue weighted by atomic mass is 16.1. The maximum atomic E-state index is 11.6. The van der Waals surface area contributed by atoms with Gasteiger partial charge in [0.05, 0.1) is 0 Å². The Balaban J connectivity index is 1.85. The number of Topliss-reactive ketones (excluding diaryl/α,β-unsaturated/α-hetero) is 1. The molecular weight excluding hydrogens is 238 g/mol. The van der Waals surface area contributed by atoms with Gasteiger partial charge in [0.15, 0.2) is 11.6 Å². The van der Waals surface area contributed by atoms with Crippen molar-refractivity contribution in [3.63, 3.8) is 0 Å². The normalized spacial score (nSPS) is 10.8. The fourth-order valence-electron chi connectivity index (χ4n) is 2.23. The standard InChI is InChI=1S/C15H27N3O/c1-2-3-4-5-6-7-8-9-10-11-12-14(19)15-16-13-17-18-15/h13H,2-12H2,1H3,(H,16,17,18). The van der Waals surface area contributed by atoms with Crippen LogP contribution in [0, 0.1) is 0 Å². The number of hydrogen-bond donors (Lipinski definition) is 1. The lowest BCUT2D eigenvalue weighted by molar-refractivity contribution is 0.0969. The third-order valence-electron chi connectivity index (χ3n) is 3.44. The Hall–Kier alpha value is -1.19. The molecular formula is C15H27N3O. The Labute approximate surface area is 116 Å². The lowest BCUT2D eigenvalue weighted by Crippen LogP contribution is -2.01. The highest BCUT2D eigenvalue weighted by Crippen LogP contribution is 2.11. The summed E-state index contributed by atoms with van der Waals surface area (Å²) in [7, 11) is 0. The maximum Gasteiger partial charge on any atom is 0.199 e. The average Bonchev–Trinajstić information content (AvgIpc) is 2.95. The molecule has 1 aromatic rings. The third-order valence-corrected chi connectivity index (χ3v) is 3.44. The highest BCUT2D eigenvalue weighted by Gasteiger charge is 2.07. The molecule has 108 valence electrons. The fourth-order valence-corrected chi connectivity index (χ4v) is 2.23. The number of unbranched alkanes of at least 4 members (excludes halogenated alkanes) is 9. The van der Waals surface area contributed by atoms with Crippen LogP contribution < -0.4 is 0 Å². The number of aromatic nitrogens is 3. The number of rotatable bonds is 12. The zero-order chi connectivity index (χ0) is 13.8. The van der Waals surface area contributed by atoms with Gasteiger partial charge in [-0.25, -0.2) is 4.98 Å². The van der Waals surface area contributed by atoms with Gasteiger partial charge < -0.3 is 0 Å². The van der Waals surface area contributed by atoms with Gasteiger partial charge in [-0.1, -0.05) is 64.7 Å². The number of H-pyrrole nitrogens is 1.